The van der Waals surface area contributed by atoms with E-state index < -0.39 is 40.4 Å². The first-order valence-electron chi connectivity index (χ1n) is 15.0. The summed E-state index contributed by atoms with van der Waals surface area (Å²) in [5, 5.41) is 6.01. The van der Waals surface area contributed by atoms with E-state index in [2.05, 4.69) is 47.0 Å². The Labute approximate surface area is 282 Å². The number of esters is 1. The van der Waals surface area contributed by atoms with Gasteiger partial charge in [0.2, 0.25) is 0 Å². The summed E-state index contributed by atoms with van der Waals surface area (Å²) in [5.74, 6) is -0.863. The van der Waals surface area contributed by atoms with Gasteiger partial charge in [0.05, 0.1) is 0 Å². The van der Waals surface area contributed by atoms with E-state index in [1.807, 2.05) is 84.9 Å². The van der Waals surface area contributed by atoms with Crippen LogP contribution in [0.1, 0.15) is 37.5 Å². The average molecular weight is 704 g/mol. The molecule has 0 saturated carbocycles. The van der Waals surface area contributed by atoms with Crippen LogP contribution in [0, 0.1) is 0 Å². The van der Waals surface area contributed by atoms with Gasteiger partial charge in [-0.1, -0.05) is 0 Å². The first kappa shape index (κ1) is 34.8. The third kappa shape index (κ3) is 9.49. The molecule has 0 heterocycles. The summed E-state index contributed by atoms with van der Waals surface area (Å²) >= 11 is 1.41. The van der Waals surface area contributed by atoms with Crippen molar-refractivity contribution in [2.45, 2.75) is 48.5 Å². The van der Waals surface area contributed by atoms with Crippen LogP contribution < -0.4 is 15.1 Å². The summed E-state index contributed by atoms with van der Waals surface area (Å²) in [7, 11) is 1.31. The van der Waals surface area contributed by atoms with Crippen molar-refractivity contribution in [1.29, 1.82) is 0 Å². The predicted molar refractivity (Wildman–Crippen MR) is 185 cm³/mol. The maximum atomic E-state index is 13.8. The van der Waals surface area contributed by atoms with Gasteiger partial charge in [-0.3, -0.25) is 0 Å². The number of rotatable bonds is 13. The van der Waals surface area contributed by atoms with Crippen molar-refractivity contribution in [2.75, 3.05) is 12.9 Å². The zero-order valence-electron chi connectivity index (χ0n) is 26.5. The molecule has 0 aliphatic heterocycles. The molecule has 0 spiro atoms. The van der Waals surface area contributed by atoms with Crippen molar-refractivity contribution in [3.8, 4) is 0 Å². The first-order chi connectivity index (χ1) is 22.1. The van der Waals surface area contributed by atoms with Gasteiger partial charge in [-0.2, -0.15) is 0 Å². The summed E-state index contributed by atoms with van der Waals surface area (Å²) in [6.45, 7) is 5.29. The van der Waals surface area contributed by atoms with E-state index >= 15 is 0 Å². The van der Waals surface area contributed by atoms with E-state index in [0.717, 1.165) is 21.2 Å². The number of hydrogen-bond donors (Lipinski definition) is 2. The van der Waals surface area contributed by atoms with E-state index in [4.69, 9.17) is 9.47 Å². The van der Waals surface area contributed by atoms with Gasteiger partial charge < -0.3 is 0 Å². The van der Waals surface area contributed by atoms with E-state index in [1.165, 1.54) is 7.11 Å². The van der Waals surface area contributed by atoms with Crippen molar-refractivity contribution >= 4 is 49.2 Å². The molecule has 0 unspecified atom stereocenters. The number of nitrogens with one attached hydrogen (secondary N) is 2. The van der Waals surface area contributed by atoms with Crippen LogP contribution in [0.15, 0.2) is 121 Å². The van der Waals surface area contributed by atoms with Gasteiger partial charge in [0.1, 0.15) is 0 Å². The van der Waals surface area contributed by atoms with Crippen LogP contribution in [0.4, 0.5) is 4.79 Å². The Bertz CT molecular complexity index is 1450. The molecule has 0 saturated heterocycles. The molecule has 0 aromatic heterocycles. The molecule has 0 fully saturated rings. The van der Waals surface area contributed by atoms with Gasteiger partial charge >= 0.3 is 283 Å². The molecule has 2 N–H and O–H groups in total. The second-order valence-corrected chi connectivity index (χ2v) is 15.0. The number of ether oxygens (including phenoxy) is 2. The standard InChI is InChI=1S/C37H40N2O5SSe/c1-36(2,3)44-35(42)39-32(26-46-30-23-15-8-16-24-30)33(40)38-31(34(41)43-4)25-45-37(27-17-9-5-10-18-27,28-19-11-6-12-20-28)29-21-13-7-14-22-29/h5-24,31-32H,25-26H2,1-4H3,(H,38,40)(H,39,42)/t31-,32+/m0/s1. The van der Waals surface area contributed by atoms with Crippen LogP contribution in [0.3, 0.4) is 0 Å². The fourth-order valence-electron chi connectivity index (χ4n) is 4.89. The Morgan fingerprint density at radius 1 is 0.696 bits per heavy atom. The van der Waals surface area contributed by atoms with Gasteiger partial charge in [0, 0.05) is 0 Å². The Kier molecular flexibility index (Phi) is 12.5. The first-order valence-corrected chi connectivity index (χ1v) is 18.0. The fraction of sp³-hybridized carbons (Fsp3) is 0.270. The Morgan fingerprint density at radius 3 is 1.59 bits per heavy atom. The molecule has 240 valence electrons. The molecule has 4 aromatic rings. The second kappa shape index (κ2) is 16.5. The van der Waals surface area contributed by atoms with Crippen LogP contribution in [-0.4, -0.2) is 63.5 Å². The molecule has 0 radical (unpaired) electrons. The quantitative estimate of drug-likeness (QED) is 0.105. The van der Waals surface area contributed by atoms with Gasteiger partial charge in [-0.05, 0) is 0 Å². The van der Waals surface area contributed by atoms with Gasteiger partial charge in [0.15, 0.2) is 0 Å². The normalized spacial score (nSPS) is 12.8. The number of alkyl carbamates (subject to hydrolysis) is 1. The average Bonchev–Trinajstić information content (AvgIpc) is 3.07. The summed E-state index contributed by atoms with van der Waals surface area (Å²) < 4.78 is 11.0. The van der Waals surface area contributed by atoms with Crippen molar-refractivity contribution in [2.24, 2.45) is 0 Å². The van der Waals surface area contributed by atoms with E-state index in [1.54, 1.807) is 32.5 Å². The minimum atomic E-state index is -0.995. The van der Waals surface area contributed by atoms with Crippen LogP contribution >= 0.6 is 11.8 Å². The summed E-state index contributed by atoms with van der Waals surface area (Å²) in [6, 6.07) is 38.2. The summed E-state index contributed by atoms with van der Waals surface area (Å²) in [5.41, 5.74) is 2.35. The number of hydrogen-bond acceptors (Lipinski definition) is 6. The number of carbonyl (C=O) groups is 3. The van der Waals surface area contributed by atoms with Gasteiger partial charge in [-0.25, -0.2) is 0 Å². The Hall–Kier alpha value is -4.04. The van der Waals surface area contributed by atoms with Gasteiger partial charge in [-0.15, -0.1) is 0 Å². The van der Waals surface area contributed by atoms with Crippen molar-refractivity contribution < 1.29 is 23.9 Å². The molecule has 2 atom stereocenters. The fourth-order valence-corrected chi connectivity index (χ4v) is 8.41. The zero-order valence-corrected chi connectivity index (χ0v) is 29.0. The molecule has 0 aliphatic carbocycles. The second-order valence-electron chi connectivity index (χ2n) is 11.5. The summed E-state index contributed by atoms with van der Waals surface area (Å²) in [6.07, 6.45) is -0.697. The number of carbonyl (C=O) groups excluding carboxylic acids is 3. The number of amides is 2. The number of benzene rings is 4. The maximum absolute atomic E-state index is 13.8. The van der Waals surface area contributed by atoms with Crippen LogP contribution in [0.2, 0.25) is 5.32 Å². The molecule has 46 heavy (non-hydrogen) atoms. The predicted octanol–water partition coefficient (Wildman–Crippen LogP) is 5.71. The van der Waals surface area contributed by atoms with Crippen molar-refractivity contribution in [3.63, 3.8) is 0 Å². The molecule has 4 rings (SSSR count). The SMILES string of the molecule is COC(=O)[C@H](CSC(c1ccccc1)(c1ccccc1)c1ccccc1)NC(=O)[C@@H](C[Se]c1ccccc1)NC(=O)OC(C)(C)C. The van der Waals surface area contributed by atoms with Crippen LogP contribution in [0.5, 0.6) is 0 Å². The third-order valence-electron chi connectivity index (χ3n) is 6.98. The van der Waals surface area contributed by atoms with Crippen molar-refractivity contribution in [1.82, 2.24) is 10.6 Å². The van der Waals surface area contributed by atoms with E-state index in [0.29, 0.717) is 5.32 Å². The number of methoxy groups -OCH3 is 1. The zero-order chi connectivity index (χ0) is 33.0. The van der Waals surface area contributed by atoms with Crippen LogP contribution in [0.25, 0.3) is 0 Å². The van der Waals surface area contributed by atoms with E-state index in [-0.39, 0.29) is 20.7 Å². The molecule has 4 aromatic carbocycles. The molecule has 7 nitrogen and oxygen atoms in total. The molecule has 9 heteroatoms. The van der Waals surface area contributed by atoms with Gasteiger partial charge in [0.25, 0.3) is 0 Å². The topological polar surface area (TPSA) is 93.7 Å². The monoisotopic (exact) mass is 704 g/mol. The van der Waals surface area contributed by atoms with Crippen LogP contribution in [-0.2, 0) is 23.8 Å². The Morgan fingerprint density at radius 2 is 1.15 bits per heavy atom. The molecule has 0 bridgehead atoms. The summed E-state index contributed by atoms with van der Waals surface area (Å²) in [4.78, 5) is 39.9. The molecule has 2 amide bonds. The molecular formula is C37H40N2O5SSe. The molecule has 0 aliphatic rings. The number of thioether (sulfide) groups is 1. The third-order valence-corrected chi connectivity index (χ3v) is 10.9. The van der Waals surface area contributed by atoms with E-state index in [9.17, 15) is 14.4 Å². The molecular weight excluding hydrogens is 663 g/mol. The Balaban J connectivity index is 1.64. The minimum absolute atomic E-state index is 0.128. The van der Waals surface area contributed by atoms with Crippen molar-refractivity contribution in [3.05, 3.63) is 138 Å².